The molecule has 1 atom stereocenters. The molecule has 1 aromatic rings. The van der Waals surface area contributed by atoms with Gasteiger partial charge in [-0.2, -0.15) is 13.2 Å². The standard InChI is InChI=1S/C14H16F3N3O2/c1-9(2)20(8-14(15,16)17)13(21)12-6-11(19-22-12)10-4-3-5-18-7-10/h3-5,7,9,12H,6,8H2,1-2H3/t12-/m1/s1. The van der Waals surface area contributed by atoms with Crippen molar-refractivity contribution in [3.8, 4) is 0 Å². The molecule has 8 heteroatoms. The average Bonchev–Trinajstić information content (AvgIpc) is 2.93. The zero-order valence-corrected chi connectivity index (χ0v) is 12.2. The van der Waals surface area contributed by atoms with Gasteiger partial charge in [-0.15, -0.1) is 0 Å². The smallest absolute Gasteiger partial charge is 0.382 e. The minimum absolute atomic E-state index is 0.131. The number of amides is 1. The van der Waals surface area contributed by atoms with Gasteiger partial charge in [0.25, 0.3) is 5.91 Å². The van der Waals surface area contributed by atoms with E-state index >= 15 is 0 Å². The van der Waals surface area contributed by atoms with Crippen molar-refractivity contribution in [2.45, 2.75) is 38.6 Å². The highest BCUT2D eigenvalue weighted by Gasteiger charge is 2.39. The van der Waals surface area contributed by atoms with E-state index in [0.717, 1.165) is 4.90 Å². The summed E-state index contributed by atoms with van der Waals surface area (Å²) in [7, 11) is 0. The van der Waals surface area contributed by atoms with Gasteiger partial charge in [0, 0.05) is 30.4 Å². The normalized spacial score (nSPS) is 18.1. The first kappa shape index (κ1) is 16.3. The second-order valence-corrected chi connectivity index (χ2v) is 5.25. The number of rotatable bonds is 4. The summed E-state index contributed by atoms with van der Waals surface area (Å²) in [6, 6.07) is 2.87. The largest absolute Gasteiger partial charge is 0.406 e. The van der Waals surface area contributed by atoms with Crippen LogP contribution in [0, 0.1) is 0 Å². The molecule has 5 nitrogen and oxygen atoms in total. The molecule has 0 radical (unpaired) electrons. The zero-order chi connectivity index (χ0) is 16.3. The minimum atomic E-state index is -4.45. The van der Waals surface area contributed by atoms with Crippen LogP contribution in [0.2, 0.25) is 0 Å². The molecule has 0 aliphatic carbocycles. The third-order valence-electron chi connectivity index (χ3n) is 3.20. The third kappa shape index (κ3) is 3.96. The fraction of sp³-hybridized carbons (Fsp3) is 0.500. The number of carbonyl (C=O) groups excluding carboxylic acids is 1. The number of alkyl halides is 3. The summed E-state index contributed by atoms with van der Waals surface area (Å²) >= 11 is 0. The van der Waals surface area contributed by atoms with Crippen LogP contribution >= 0.6 is 0 Å². The maximum Gasteiger partial charge on any atom is 0.406 e. The first-order valence-corrected chi connectivity index (χ1v) is 6.78. The molecule has 0 fully saturated rings. The summed E-state index contributed by atoms with van der Waals surface area (Å²) in [6.07, 6.45) is -2.20. The van der Waals surface area contributed by atoms with Gasteiger partial charge in [0.2, 0.25) is 6.10 Å². The topological polar surface area (TPSA) is 54.8 Å². The van der Waals surface area contributed by atoms with Crippen molar-refractivity contribution in [1.29, 1.82) is 0 Å². The van der Waals surface area contributed by atoms with E-state index in [0.29, 0.717) is 11.3 Å². The Kier molecular flexibility index (Phi) is 4.68. The Balaban J connectivity index is 2.05. The van der Waals surface area contributed by atoms with Crippen LogP contribution in [-0.4, -0.2) is 46.4 Å². The summed E-state index contributed by atoms with van der Waals surface area (Å²) in [5.74, 6) is -0.713. The molecule has 1 aliphatic rings. The van der Waals surface area contributed by atoms with E-state index in [1.807, 2.05) is 0 Å². The molecular formula is C14H16F3N3O2. The summed E-state index contributed by atoms with van der Waals surface area (Å²) in [5.41, 5.74) is 1.19. The monoisotopic (exact) mass is 315 g/mol. The van der Waals surface area contributed by atoms with Crippen molar-refractivity contribution >= 4 is 11.6 Å². The van der Waals surface area contributed by atoms with Crippen LogP contribution in [0.25, 0.3) is 0 Å². The highest BCUT2D eigenvalue weighted by molar-refractivity contribution is 6.03. The lowest BCUT2D eigenvalue weighted by atomic mass is 10.1. The van der Waals surface area contributed by atoms with E-state index in [-0.39, 0.29) is 6.42 Å². The first-order chi connectivity index (χ1) is 10.3. The SMILES string of the molecule is CC(C)N(CC(F)(F)F)C(=O)[C@H]1CC(c2cccnc2)=NO1. The molecular weight excluding hydrogens is 299 g/mol. The van der Waals surface area contributed by atoms with Gasteiger partial charge in [-0.1, -0.05) is 5.16 Å². The quantitative estimate of drug-likeness (QED) is 0.857. The van der Waals surface area contributed by atoms with Gasteiger partial charge < -0.3 is 9.74 Å². The van der Waals surface area contributed by atoms with E-state index in [1.54, 1.807) is 24.5 Å². The lowest BCUT2D eigenvalue weighted by Crippen LogP contribution is -2.47. The van der Waals surface area contributed by atoms with Crippen molar-refractivity contribution in [2.75, 3.05) is 6.54 Å². The number of hydrogen-bond acceptors (Lipinski definition) is 4. The number of carbonyl (C=O) groups is 1. The van der Waals surface area contributed by atoms with Gasteiger partial charge in [-0.25, -0.2) is 0 Å². The Hall–Kier alpha value is -2.12. The molecule has 0 unspecified atom stereocenters. The molecule has 0 spiro atoms. The van der Waals surface area contributed by atoms with Crippen LogP contribution < -0.4 is 0 Å². The Morgan fingerprint density at radius 1 is 1.50 bits per heavy atom. The molecule has 1 aromatic heterocycles. The minimum Gasteiger partial charge on any atom is -0.382 e. The average molecular weight is 315 g/mol. The van der Waals surface area contributed by atoms with Crippen LogP contribution in [0.4, 0.5) is 13.2 Å². The van der Waals surface area contributed by atoms with Gasteiger partial charge in [0.1, 0.15) is 6.54 Å². The Bertz CT molecular complexity index is 558. The lowest BCUT2D eigenvalue weighted by Gasteiger charge is -2.29. The molecule has 120 valence electrons. The van der Waals surface area contributed by atoms with E-state index in [2.05, 4.69) is 10.1 Å². The van der Waals surface area contributed by atoms with Crippen molar-refractivity contribution in [3.63, 3.8) is 0 Å². The predicted molar refractivity (Wildman–Crippen MR) is 73.2 cm³/mol. The molecule has 0 aromatic carbocycles. The van der Waals surface area contributed by atoms with Crippen LogP contribution in [0.3, 0.4) is 0 Å². The fourth-order valence-corrected chi connectivity index (χ4v) is 2.11. The van der Waals surface area contributed by atoms with Gasteiger partial charge >= 0.3 is 6.18 Å². The van der Waals surface area contributed by atoms with E-state index in [1.165, 1.54) is 13.8 Å². The van der Waals surface area contributed by atoms with Crippen LogP contribution in [0.5, 0.6) is 0 Å². The zero-order valence-electron chi connectivity index (χ0n) is 12.2. The molecule has 1 aliphatic heterocycles. The summed E-state index contributed by atoms with van der Waals surface area (Å²) in [6.45, 7) is 1.76. The number of oxime groups is 1. The predicted octanol–water partition coefficient (Wildman–Crippen LogP) is 2.37. The van der Waals surface area contributed by atoms with Crippen molar-refractivity contribution in [1.82, 2.24) is 9.88 Å². The first-order valence-electron chi connectivity index (χ1n) is 6.78. The highest BCUT2D eigenvalue weighted by atomic mass is 19.4. The molecule has 1 amide bonds. The molecule has 0 N–H and O–H groups in total. The number of aromatic nitrogens is 1. The van der Waals surface area contributed by atoms with E-state index < -0.39 is 30.8 Å². The molecule has 2 rings (SSSR count). The second kappa shape index (κ2) is 6.33. The summed E-state index contributed by atoms with van der Waals surface area (Å²) < 4.78 is 37.8. The van der Waals surface area contributed by atoms with Gasteiger partial charge in [-0.05, 0) is 26.0 Å². The van der Waals surface area contributed by atoms with E-state index in [9.17, 15) is 18.0 Å². The molecule has 2 heterocycles. The lowest BCUT2D eigenvalue weighted by molar-refractivity contribution is -0.170. The Morgan fingerprint density at radius 2 is 2.23 bits per heavy atom. The summed E-state index contributed by atoms with van der Waals surface area (Å²) in [5, 5.41) is 3.79. The molecule has 0 saturated heterocycles. The molecule has 0 saturated carbocycles. The Morgan fingerprint density at radius 3 is 2.77 bits per heavy atom. The number of halogens is 3. The van der Waals surface area contributed by atoms with Crippen LogP contribution in [0.1, 0.15) is 25.8 Å². The molecule has 0 bridgehead atoms. The number of nitrogens with zero attached hydrogens (tertiary/aromatic N) is 3. The highest BCUT2D eigenvalue weighted by Crippen LogP contribution is 2.23. The number of hydrogen-bond donors (Lipinski definition) is 0. The maximum absolute atomic E-state index is 12.6. The van der Waals surface area contributed by atoms with Gasteiger partial charge in [0.15, 0.2) is 0 Å². The number of pyridine rings is 1. The van der Waals surface area contributed by atoms with Gasteiger partial charge in [-0.3, -0.25) is 9.78 Å². The maximum atomic E-state index is 12.6. The van der Waals surface area contributed by atoms with Crippen molar-refractivity contribution < 1.29 is 22.8 Å². The van der Waals surface area contributed by atoms with Crippen molar-refractivity contribution in [3.05, 3.63) is 30.1 Å². The van der Waals surface area contributed by atoms with Crippen molar-refractivity contribution in [2.24, 2.45) is 5.16 Å². The van der Waals surface area contributed by atoms with Crippen LogP contribution in [-0.2, 0) is 9.63 Å². The molecule has 22 heavy (non-hydrogen) atoms. The second-order valence-electron chi connectivity index (χ2n) is 5.25. The Labute approximate surface area is 125 Å². The van der Waals surface area contributed by atoms with Crippen LogP contribution in [0.15, 0.2) is 29.7 Å². The van der Waals surface area contributed by atoms with E-state index in [4.69, 9.17) is 4.84 Å². The third-order valence-corrected chi connectivity index (χ3v) is 3.20. The van der Waals surface area contributed by atoms with Gasteiger partial charge in [0.05, 0.1) is 5.71 Å². The fourth-order valence-electron chi connectivity index (χ4n) is 2.11. The summed E-state index contributed by atoms with van der Waals surface area (Å²) in [4.78, 5) is 22.0.